The molecule has 0 amide bonds. The van der Waals surface area contributed by atoms with Gasteiger partial charge >= 0.3 is 0 Å². The van der Waals surface area contributed by atoms with Crippen LogP contribution in [0, 0.1) is 5.92 Å². The summed E-state index contributed by atoms with van der Waals surface area (Å²) in [6.07, 6.45) is 1.20. The molecule has 1 atom stereocenters. The number of hydrogen-bond acceptors (Lipinski definition) is 3. The Morgan fingerprint density at radius 1 is 1.35 bits per heavy atom. The van der Waals surface area contributed by atoms with E-state index in [-0.39, 0.29) is 0 Å². The lowest BCUT2D eigenvalue weighted by atomic mass is 10.1. The number of thiophene rings is 1. The second-order valence-electron chi connectivity index (χ2n) is 5.16. The van der Waals surface area contributed by atoms with Gasteiger partial charge in [0.25, 0.3) is 0 Å². The molecule has 0 bridgehead atoms. The van der Waals surface area contributed by atoms with Crippen LogP contribution in [0.1, 0.15) is 32.8 Å². The largest absolute Gasteiger partial charge is 0.315 e. The molecule has 1 heterocycles. The molecule has 1 unspecified atom stereocenters. The quantitative estimate of drug-likeness (QED) is 0.766. The van der Waals surface area contributed by atoms with E-state index >= 15 is 0 Å². The molecule has 0 aliphatic heterocycles. The van der Waals surface area contributed by atoms with Crippen molar-refractivity contribution in [3.8, 4) is 0 Å². The molecule has 1 aromatic heterocycles. The highest BCUT2D eigenvalue weighted by molar-refractivity contribution is 7.07. The molecule has 0 fully saturated rings. The molecule has 17 heavy (non-hydrogen) atoms. The van der Waals surface area contributed by atoms with Crippen molar-refractivity contribution in [3.63, 3.8) is 0 Å². The summed E-state index contributed by atoms with van der Waals surface area (Å²) in [5, 5.41) is 7.95. The summed E-state index contributed by atoms with van der Waals surface area (Å²) < 4.78 is 0. The first kappa shape index (κ1) is 14.7. The van der Waals surface area contributed by atoms with Gasteiger partial charge < -0.3 is 5.32 Å². The summed E-state index contributed by atoms with van der Waals surface area (Å²) in [5.41, 5.74) is 1.43. The topological polar surface area (TPSA) is 15.3 Å². The lowest BCUT2D eigenvalue weighted by Gasteiger charge is -2.27. The van der Waals surface area contributed by atoms with E-state index in [1.54, 1.807) is 11.3 Å². The van der Waals surface area contributed by atoms with E-state index in [9.17, 15) is 0 Å². The lowest BCUT2D eigenvalue weighted by Crippen LogP contribution is -2.40. The fourth-order valence-electron chi connectivity index (χ4n) is 1.95. The molecule has 3 heteroatoms. The second kappa shape index (κ2) is 7.85. The Morgan fingerprint density at radius 2 is 2.12 bits per heavy atom. The summed E-state index contributed by atoms with van der Waals surface area (Å²) in [6.45, 7) is 10.0. The van der Waals surface area contributed by atoms with E-state index in [1.807, 2.05) is 0 Å². The highest BCUT2D eigenvalue weighted by Crippen LogP contribution is 2.11. The molecule has 0 aliphatic rings. The average Bonchev–Trinajstić information content (AvgIpc) is 2.76. The van der Waals surface area contributed by atoms with Gasteiger partial charge in [0.2, 0.25) is 0 Å². The minimum atomic E-state index is 0.633. The highest BCUT2D eigenvalue weighted by atomic mass is 32.1. The molecule has 1 aromatic rings. The Labute approximate surface area is 110 Å². The van der Waals surface area contributed by atoms with Crippen molar-refractivity contribution >= 4 is 11.3 Å². The molecule has 0 saturated carbocycles. The van der Waals surface area contributed by atoms with Gasteiger partial charge in [0.05, 0.1) is 0 Å². The van der Waals surface area contributed by atoms with Crippen molar-refractivity contribution in [1.82, 2.24) is 10.2 Å². The summed E-state index contributed by atoms with van der Waals surface area (Å²) >= 11 is 1.78. The Morgan fingerprint density at radius 3 is 2.65 bits per heavy atom. The van der Waals surface area contributed by atoms with Crippen molar-refractivity contribution in [2.75, 3.05) is 20.1 Å². The summed E-state index contributed by atoms with van der Waals surface area (Å²) in [7, 11) is 2.23. The Kier molecular flexibility index (Phi) is 6.78. The van der Waals surface area contributed by atoms with Gasteiger partial charge in [0.15, 0.2) is 0 Å². The molecule has 1 rings (SSSR count). The monoisotopic (exact) mass is 254 g/mol. The molecule has 0 aromatic carbocycles. The van der Waals surface area contributed by atoms with E-state index < -0.39 is 0 Å². The molecule has 1 N–H and O–H groups in total. The maximum atomic E-state index is 3.56. The van der Waals surface area contributed by atoms with Gasteiger partial charge in [-0.3, -0.25) is 4.90 Å². The third kappa shape index (κ3) is 5.66. The fraction of sp³-hybridized carbons (Fsp3) is 0.714. The Bertz CT molecular complexity index is 282. The van der Waals surface area contributed by atoms with E-state index in [2.05, 4.69) is 54.9 Å². The molecule has 0 radical (unpaired) electrons. The van der Waals surface area contributed by atoms with Gasteiger partial charge in [0.1, 0.15) is 0 Å². The van der Waals surface area contributed by atoms with Crippen LogP contribution in [0.4, 0.5) is 0 Å². The number of likely N-dealkylation sites (N-methyl/N-ethyl adjacent to an activating group) is 1. The van der Waals surface area contributed by atoms with Gasteiger partial charge in [-0.05, 0) is 48.3 Å². The number of rotatable bonds is 8. The maximum Gasteiger partial charge on any atom is 0.0242 e. The standard InChI is InChI=1S/C14H26N2S/c1-5-14(9-15-8-12(2)3)16(4)10-13-6-7-17-11-13/h6-7,11-12,14-15H,5,8-10H2,1-4H3. The number of nitrogens with zero attached hydrogens (tertiary/aromatic N) is 1. The predicted octanol–water partition coefficient (Wildman–Crippen LogP) is 3.20. The number of hydrogen-bond donors (Lipinski definition) is 1. The molecule has 98 valence electrons. The third-order valence-electron chi connectivity index (χ3n) is 3.04. The zero-order valence-electron chi connectivity index (χ0n) is 11.6. The molecule has 0 aliphatic carbocycles. The Balaban J connectivity index is 2.33. The predicted molar refractivity (Wildman–Crippen MR) is 77.6 cm³/mol. The van der Waals surface area contributed by atoms with E-state index in [1.165, 1.54) is 12.0 Å². The van der Waals surface area contributed by atoms with Gasteiger partial charge in [0, 0.05) is 19.1 Å². The SMILES string of the molecule is CCC(CNCC(C)C)N(C)Cc1ccsc1. The molecule has 2 nitrogen and oxygen atoms in total. The highest BCUT2D eigenvalue weighted by Gasteiger charge is 2.12. The zero-order chi connectivity index (χ0) is 12.7. The van der Waals surface area contributed by atoms with Crippen LogP contribution in [-0.2, 0) is 6.54 Å². The fourth-order valence-corrected chi connectivity index (χ4v) is 2.61. The van der Waals surface area contributed by atoms with Gasteiger partial charge in [-0.15, -0.1) is 0 Å². The Hall–Kier alpha value is -0.380. The van der Waals surface area contributed by atoms with Crippen LogP contribution in [0.15, 0.2) is 16.8 Å². The molecule has 0 spiro atoms. The zero-order valence-corrected chi connectivity index (χ0v) is 12.4. The third-order valence-corrected chi connectivity index (χ3v) is 3.77. The molecular formula is C14H26N2S. The van der Waals surface area contributed by atoms with Crippen LogP contribution in [0.2, 0.25) is 0 Å². The van der Waals surface area contributed by atoms with E-state index in [0.29, 0.717) is 6.04 Å². The van der Waals surface area contributed by atoms with Crippen molar-refractivity contribution in [1.29, 1.82) is 0 Å². The van der Waals surface area contributed by atoms with E-state index in [4.69, 9.17) is 0 Å². The van der Waals surface area contributed by atoms with Crippen LogP contribution in [0.25, 0.3) is 0 Å². The maximum absolute atomic E-state index is 3.56. The normalized spacial score (nSPS) is 13.5. The molecule has 0 saturated heterocycles. The van der Waals surface area contributed by atoms with Crippen LogP contribution >= 0.6 is 11.3 Å². The van der Waals surface area contributed by atoms with Crippen molar-refractivity contribution < 1.29 is 0 Å². The smallest absolute Gasteiger partial charge is 0.0242 e. The first-order valence-corrected chi connectivity index (χ1v) is 7.49. The van der Waals surface area contributed by atoms with Crippen LogP contribution in [0.5, 0.6) is 0 Å². The van der Waals surface area contributed by atoms with Crippen molar-refractivity contribution in [2.45, 2.75) is 39.8 Å². The minimum absolute atomic E-state index is 0.633. The summed E-state index contributed by atoms with van der Waals surface area (Å²) in [4.78, 5) is 2.45. The minimum Gasteiger partial charge on any atom is -0.315 e. The summed E-state index contributed by atoms with van der Waals surface area (Å²) in [6, 6.07) is 2.85. The summed E-state index contributed by atoms with van der Waals surface area (Å²) in [5.74, 6) is 0.731. The first-order chi connectivity index (χ1) is 8.13. The van der Waals surface area contributed by atoms with Crippen LogP contribution in [-0.4, -0.2) is 31.1 Å². The van der Waals surface area contributed by atoms with Gasteiger partial charge in [-0.2, -0.15) is 11.3 Å². The first-order valence-electron chi connectivity index (χ1n) is 6.55. The number of nitrogens with one attached hydrogen (secondary N) is 1. The van der Waals surface area contributed by atoms with E-state index in [0.717, 1.165) is 25.6 Å². The second-order valence-corrected chi connectivity index (χ2v) is 5.94. The van der Waals surface area contributed by atoms with Crippen molar-refractivity contribution in [3.05, 3.63) is 22.4 Å². The lowest BCUT2D eigenvalue weighted by molar-refractivity contribution is 0.220. The molecular weight excluding hydrogens is 228 g/mol. The van der Waals surface area contributed by atoms with Crippen LogP contribution in [0.3, 0.4) is 0 Å². The van der Waals surface area contributed by atoms with Gasteiger partial charge in [-0.1, -0.05) is 20.8 Å². The average molecular weight is 254 g/mol. The van der Waals surface area contributed by atoms with Crippen molar-refractivity contribution in [2.24, 2.45) is 5.92 Å². The van der Waals surface area contributed by atoms with Gasteiger partial charge in [-0.25, -0.2) is 0 Å². The van der Waals surface area contributed by atoms with Crippen LogP contribution < -0.4 is 5.32 Å².